The molecule has 0 aromatic carbocycles. The Hall–Kier alpha value is -1.65. The summed E-state index contributed by atoms with van der Waals surface area (Å²) in [6.07, 6.45) is 2.89. The molecule has 1 aromatic rings. The highest BCUT2D eigenvalue weighted by Crippen LogP contribution is 2.10. The first-order chi connectivity index (χ1) is 10.0. The quantitative estimate of drug-likeness (QED) is 0.799. The SMILES string of the molecule is CCCN(CCC)C(=O)c1cc(C)nc(NC(C)CC)n1. The summed E-state index contributed by atoms with van der Waals surface area (Å²) in [6.45, 7) is 11.8. The summed E-state index contributed by atoms with van der Waals surface area (Å²) in [4.78, 5) is 23.2. The van der Waals surface area contributed by atoms with Crippen LogP contribution in [0.5, 0.6) is 0 Å². The number of hydrogen-bond acceptors (Lipinski definition) is 4. The Morgan fingerprint density at radius 3 is 2.38 bits per heavy atom. The molecule has 21 heavy (non-hydrogen) atoms. The van der Waals surface area contributed by atoms with E-state index in [9.17, 15) is 4.79 Å². The maximum atomic E-state index is 12.6. The Labute approximate surface area is 128 Å². The fourth-order valence-electron chi connectivity index (χ4n) is 2.08. The molecule has 0 saturated carbocycles. The van der Waals surface area contributed by atoms with Gasteiger partial charge in [0.15, 0.2) is 0 Å². The monoisotopic (exact) mass is 292 g/mol. The zero-order valence-electron chi connectivity index (χ0n) is 13.9. The average molecular weight is 292 g/mol. The lowest BCUT2D eigenvalue weighted by atomic mass is 10.2. The number of rotatable bonds is 8. The van der Waals surface area contributed by atoms with Crippen molar-refractivity contribution in [3.8, 4) is 0 Å². The highest BCUT2D eigenvalue weighted by molar-refractivity contribution is 5.92. The number of anilines is 1. The topological polar surface area (TPSA) is 58.1 Å². The molecule has 1 N–H and O–H groups in total. The Bertz CT molecular complexity index is 456. The number of amides is 1. The molecule has 0 fully saturated rings. The summed E-state index contributed by atoms with van der Waals surface area (Å²) in [5.74, 6) is 0.539. The zero-order valence-corrected chi connectivity index (χ0v) is 13.9. The van der Waals surface area contributed by atoms with Gasteiger partial charge in [-0.1, -0.05) is 20.8 Å². The van der Waals surface area contributed by atoms with Crippen molar-refractivity contribution in [1.29, 1.82) is 0 Å². The van der Waals surface area contributed by atoms with Crippen molar-refractivity contribution in [2.24, 2.45) is 0 Å². The van der Waals surface area contributed by atoms with E-state index in [0.29, 0.717) is 11.6 Å². The minimum atomic E-state index is -0.00333. The van der Waals surface area contributed by atoms with Crippen molar-refractivity contribution in [2.45, 2.75) is 59.9 Å². The van der Waals surface area contributed by atoms with Gasteiger partial charge in [-0.15, -0.1) is 0 Å². The number of aromatic nitrogens is 2. The molecule has 1 heterocycles. The number of nitrogens with zero attached hydrogens (tertiary/aromatic N) is 3. The first kappa shape index (κ1) is 17.4. The van der Waals surface area contributed by atoms with Crippen LogP contribution in [0.1, 0.15) is 63.1 Å². The molecule has 118 valence electrons. The Morgan fingerprint density at radius 2 is 1.86 bits per heavy atom. The van der Waals surface area contributed by atoms with E-state index in [1.54, 1.807) is 6.07 Å². The fraction of sp³-hybridized carbons (Fsp3) is 0.688. The van der Waals surface area contributed by atoms with Crippen LogP contribution in [0.2, 0.25) is 0 Å². The molecule has 0 spiro atoms. The van der Waals surface area contributed by atoms with Gasteiger partial charge < -0.3 is 10.2 Å². The van der Waals surface area contributed by atoms with Crippen molar-refractivity contribution in [3.05, 3.63) is 17.5 Å². The van der Waals surface area contributed by atoms with Crippen LogP contribution in [0.3, 0.4) is 0 Å². The summed E-state index contributed by atoms with van der Waals surface area (Å²) in [5.41, 5.74) is 1.29. The highest BCUT2D eigenvalue weighted by atomic mass is 16.2. The van der Waals surface area contributed by atoms with Gasteiger partial charge in [-0.2, -0.15) is 0 Å². The van der Waals surface area contributed by atoms with E-state index in [1.807, 2.05) is 11.8 Å². The van der Waals surface area contributed by atoms with E-state index in [0.717, 1.165) is 38.0 Å². The lowest BCUT2D eigenvalue weighted by Gasteiger charge is -2.21. The van der Waals surface area contributed by atoms with E-state index in [4.69, 9.17) is 0 Å². The molecule has 0 aliphatic rings. The van der Waals surface area contributed by atoms with Crippen LogP contribution in [-0.2, 0) is 0 Å². The number of carbonyl (C=O) groups excluding carboxylic acids is 1. The molecule has 1 rings (SSSR count). The summed E-state index contributed by atoms with van der Waals surface area (Å²) >= 11 is 0. The van der Waals surface area contributed by atoms with Crippen molar-refractivity contribution in [2.75, 3.05) is 18.4 Å². The third kappa shape index (κ3) is 5.33. The maximum absolute atomic E-state index is 12.6. The molecule has 5 nitrogen and oxygen atoms in total. The molecule has 5 heteroatoms. The Kier molecular flexibility index (Phi) is 7.12. The second-order valence-corrected chi connectivity index (χ2v) is 5.46. The molecular formula is C16H28N4O. The second-order valence-electron chi connectivity index (χ2n) is 5.46. The molecule has 1 unspecified atom stereocenters. The molecule has 0 saturated heterocycles. The lowest BCUT2D eigenvalue weighted by Crippen LogP contribution is -2.33. The third-order valence-corrected chi connectivity index (χ3v) is 3.34. The number of carbonyl (C=O) groups is 1. The van der Waals surface area contributed by atoms with Gasteiger partial charge in [0, 0.05) is 24.8 Å². The van der Waals surface area contributed by atoms with Gasteiger partial charge in [-0.3, -0.25) is 4.79 Å². The van der Waals surface area contributed by atoms with Crippen LogP contribution in [0.4, 0.5) is 5.95 Å². The predicted octanol–water partition coefficient (Wildman–Crippen LogP) is 3.26. The van der Waals surface area contributed by atoms with E-state index < -0.39 is 0 Å². The van der Waals surface area contributed by atoms with Crippen molar-refractivity contribution in [3.63, 3.8) is 0 Å². The third-order valence-electron chi connectivity index (χ3n) is 3.34. The van der Waals surface area contributed by atoms with Gasteiger partial charge in [-0.25, -0.2) is 9.97 Å². The van der Waals surface area contributed by atoms with Crippen LogP contribution >= 0.6 is 0 Å². The average Bonchev–Trinajstić information content (AvgIpc) is 2.45. The second kappa shape index (κ2) is 8.60. The minimum absolute atomic E-state index is 0.00333. The summed E-state index contributed by atoms with van der Waals surface area (Å²) in [5, 5.41) is 3.24. The van der Waals surface area contributed by atoms with Crippen molar-refractivity contribution >= 4 is 11.9 Å². The minimum Gasteiger partial charge on any atom is -0.352 e. The lowest BCUT2D eigenvalue weighted by molar-refractivity contribution is 0.0749. The molecule has 0 bridgehead atoms. The predicted molar refractivity (Wildman–Crippen MR) is 86.6 cm³/mol. The molecule has 0 aliphatic carbocycles. The molecule has 0 aliphatic heterocycles. The summed E-state index contributed by atoms with van der Waals surface area (Å²) in [6, 6.07) is 2.06. The first-order valence-corrected chi connectivity index (χ1v) is 7.93. The zero-order chi connectivity index (χ0) is 15.8. The summed E-state index contributed by atoms with van der Waals surface area (Å²) < 4.78 is 0. The number of nitrogens with one attached hydrogen (secondary N) is 1. The van der Waals surface area contributed by atoms with Crippen molar-refractivity contribution in [1.82, 2.24) is 14.9 Å². The van der Waals surface area contributed by atoms with Gasteiger partial charge >= 0.3 is 0 Å². The van der Waals surface area contributed by atoms with Crippen LogP contribution in [0.25, 0.3) is 0 Å². The van der Waals surface area contributed by atoms with Crippen LogP contribution in [0.15, 0.2) is 6.07 Å². The molecule has 1 atom stereocenters. The summed E-state index contributed by atoms with van der Waals surface area (Å²) in [7, 11) is 0. The first-order valence-electron chi connectivity index (χ1n) is 7.93. The molecule has 0 radical (unpaired) electrons. The van der Waals surface area contributed by atoms with Crippen LogP contribution < -0.4 is 5.32 Å². The Morgan fingerprint density at radius 1 is 1.24 bits per heavy atom. The van der Waals surface area contributed by atoms with Gasteiger partial charge in [0.05, 0.1) is 0 Å². The van der Waals surface area contributed by atoms with Gasteiger partial charge in [0.25, 0.3) is 5.91 Å². The van der Waals surface area contributed by atoms with E-state index in [-0.39, 0.29) is 11.9 Å². The maximum Gasteiger partial charge on any atom is 0.272 e. The van der Waals surface area contributed by atoms with E-state index in [1.165, 1.54) is 0 Å². The standard InChI is InChI=1S/C16H28N4O/c1-6-9-20(10-7-2)15(21)14-11-13(5)18-16(19-14)17-12(4)8-3/h11-12H,6-10H2,1-5H3,(H,17,18,19). The van der Waals surface area contributed by atoms with Gasteiger partial charge in [0.1, 0.15) is 5.69 Å². The highest BCUT2D eigenvalue weighted by Gasteiger charge is 2.17. The Balaban J connectivity index is 2.97. The van der Waals surface area contributed by atoms with Gasteiger partial charge in [-0.05, 0) is 39.2 Å². The molecular weight excluding hydrogens is 264 g/mol. The number of hydrogen-bond donors (Lipinski definition) is 1. The van der Waals surface area contributed by atoms with Gasteiger partial charge in [0.2, 0.25) is 5.95 Å². The van der Waals surface area contributed by atoms with E-state index in [2.05, 4.69) is 43.0 Å². The smallest absolute Gasteiger partial charge is 0.272 e. The largest absolute Gasteiger partial charge is 0.352 e. The van der Waals surface area contributed by atoms with Crippen molar-refractivity contribution < 1.29 is 4.79 Å². The normalized spacial score (nSPS) is 12.0. The van der Waals surface area contributed by atoms with E-state index >= 15 is 0 Å². The molecule has 1 amide bonds. The molecule has 1 aromatic heterocycles. The number of aryl methyl sites for hydroxylation is 1. The van der Waals surface area contributed by atoms with Crippen LogP contribution in [-0.4, -0.2) is 39.9 Å². The fourth-order valence-corrected chi connectivity index (χ4v) is 2.08. The van der Waals surface area contributed by atoms with Crippen LogP contribution in [0, 0.1) is 6.92 Å².